The average molecular weight is 868 g/mol. The fourth-order valence-corrected chi connectivity index (χ4v) is 10.9. The fourth-order valence-electron chi connectivity index (χ4n) is 10.9. The van der Waals surface area contributed by atoms with E-state index in [9.17, 15) is 34.4 Å². The van der Waals surface area contributed by atoms with Crippen molar-refractivity contribution in [3.05, 3.63) is 75.6 Å². The van der Waals surface area contributed by atoms with E-state index in [1.807, 2.05) is 30.3 Å². The Morgan fingerprint density at radius 1 is 1.03 bits per heavy atom. The number of benzene rings is 2. The molecule has 13 atom stereocenters. The normalized spacial score (nSPS) is 36.7. The number of methoxy groups -OCH3 is 1. The van der Waals surface area contributed by atoms with E-state index in [1.165, 1.54) is 31.7 Å². The van der Waals surface area contributed by atoms with Gasteiger partial charge in [-0.1, -0.05) is 58.0 Å². The van der Waals surface area contributed by atoms with Gasteiger partial charge in [0.05, 0.1) is 34.7 Å². The van der Waals surface area contributed by atoms with Gasteiger partial charge in [0, 0.05) is 49.7 Å². The topological polar surface area (TPSA) is 184 Å². The van der Waals surface area contributed by atoms with Crippen molar-refractivity contribution in [1.82, 2.24) is 9.80 Å². The first-order chi connectivity index (χ1) is 29.2. The maximum Gasteiger partial charge on any atom is 0.410 e. The first-order valence-corrected chi connectivity index (χ1v) is 21.8. The van der Waals surface area contributed by atoms with Gasteiger partial charge in [0.15, 0.2) is 17.7 Å². The molecule has 2 aromatic carbocycles. The van der Waals surface area contributed by atoms with E-state index in [4.69, 9.17) is 23.7 Å². The minimum absolute atomic E-state index is 0.0207. The number of cyclic esters (lactones) is 1. The number of aliphatic hydroxyl groups is 1. The molecule has 15 nitrogen and oxygen atoms in total. The number of non-ortho nitro benzene ring substituents is 1. The van der Waals surface area contributed by atoms with Crippen molar-refractivity contribution in [2.45, 2.75) is 147 Å². The molecular formula is C46H62FN3O12. The van der Waals surface area contributed by atoms with Crippen molar-refractivity contribution in [3.63, 3.8) is 0 Å². The monoisotopic (exact) mass is 867 g/mol. The third-order valence-corrected chi connectivity index (χ3v) is 14.4. The molecule has 6 rings (SSSR count). The van der Waals surface area contributed by atoms with E-state index >= 15 is 4.39 Å². The largest absolute Gasteiger partial charge is 0.458 e. The average Bonchev–Trinajstić information content (AvgIpc) is 3.72. The SMILES string of the molecule is CCC1OC(=O)[C@H](C)C(=O)[C@H](C)[C@@]2(O[C@@H]3OC2C[C@H](N(C)Cc2ccc([N+](=O)[O-])cc2F)[C@H]3O)[C@](C)(OC)C[C@@H](C)C(=O)[C@H](C)[C@H]2N(CCCCc3ccccc3)C(=O)O[C@]12C. The van der Waals surface area contributed by atoms with Gasteiger partial charge in [-0.3, -0.25) is 29.4 Å². The predicted octanol–water partition coefficient (Wildman–Crippen LogP) is 6.19. The van der Waals surface area contributed by atoms with E-state index in [0.717, 1.165) is 18.9 Å². The van der Waals surface area contributed by atoms with Crippen LogP contribution in [0.4, 0.5) is 14.9 Å². The van der Waals surface area contributed by atoms with Crippen LogP contribution in [-0.4, -0.2) is 118 Å². The molecule has 0 radical (unpaired) electrons. The summed E-state index contributed by atoms with van der Waals surface area (Å²) < 4.78 is 46.9. The van der Waals surface area contributed by atoms with Gasteiger partial charge in [-0.25, -0.2) is 9.18 Å². The lowest BCUT2D eigenvalue weighted by Crippen LogP contribution is -2.66. The van der Waals surface area contributed by atoms with Crippen molar-refractivity contribution < 1.29 is 57.3 Å². The number of hydrogen-bond acceptors (Lipinski definition) is 13. The summed E-state index contributed by atoms with van der Waals surface area (Å²) in [6.45, 7) is 12.1. The first-order valence-electron chi connectivity index (χ1n) is 21.8. The third kappa shape index (κ3) is 8.40. The van der Waals surface area contributed by atoms with E-state index in [-0.39, 0.29) is 37.2 Å². The number of esters is 1. The van der Waals surface area contributed by atoms with Crippen LogP contribution >= 0.6 is 0 Å². The molecule has 340 valence electrons. The lowest BCUT2D eigenvalue weighted by Gasteiger charge is -2.51. The van der Waals surface area contributed by atoms with Gasteiger partial charge in [-0.15, -0.1) is 0 Å². The van der Waals surface area contributed by atoms with Gasteiger partial charge in [0.2, 0.25) is 0 Å². The van der Waals surface area contributed by atoms with Gasteiger partial charge in [-0.2, -0.15) is 0 Å². The Morgan fingerprint density at radius 3 is 2.35 bits per heavy atom. The Balaban J connectivity index is 1.34. The van der Waals surface area contributed by atoms with Gasteiger partial charge < -0.3 is 33.7 Å². The maximum atomic E-state index is 15.1. The van der Waals surface area contributed by atoms with Crippen LogP contribution in [0.25, 0.3) is 0 Å². The molecule has 16 heteroatoms. The molecule has 2 bridgehead atoms. The summed E-state index contributed by atoms with van der Waals surface area (Å²) >= 11 is 0. The van der Waals surface area contributed by atoms with Crippen molar-refractivity contribution >= 4 is 29.3 Å². The molecule has 4 aliphatic heterocycles. The highest BCUT2D eigenvalue weighted by molar-refractivity contribution is 6.00. The van der Waals surface area contributed by atoms with E-state index < -0.39 is 111 Å². The number of aliphatic hydroxyl groups excluding tert-OH is 1. The lowest BCUT2D eigenvalue weighted by atomic mass is 9.64. The van der Waals surface area contributed by atoms with Gasteiger partial charge in [0.25, 0.3) is 5.69 Å². The first kappa shape index (κ1) is 47.1. The van der Waals surface area contributed by atoms with E-state index in [1.54, 1.807) is 58.4 Å². The Morgan fingerprint density at radius 2 is 1.73 bits per heavy atom. The number of halogens is 1. The number of aryl methyl sites for hydroxylation is 1. The number of unbranched alkanes of at least 4 members (excludes halogenated alkanes) is 1. The molecule has 0 saturated carbocycles. The minimum atomic E-state index is -1.68. The van der Waals surface area contributed by atoms with Crippen LogP contribution < -0.4 is 0 Å². The number of rotatable bonds is 11. The zero-order valence-electron chi connectivity index (χ0n) is 37.2. The molecule has 1 amide bonds. The Kier molecular flexibility index (Phi) is 14.0. The van der Waals surface area contributed by atoms with Gasteiger partial charge in [0.1, 0.15) is 35.3 Å². The molecule has 62 heavy (non-hydrogen) atoms. The Bertz CT molecular complexity index is 2010. The van der Waals surface area contributed by atoms with Crippen LogP contribution in [0.3, 0.4) is 0 Å². The summed E-state index contributed by atoms with van der Waals surface area (Å²) in [5.74, 6) is -6.38. The summed E-state index contributed by atoms with van der Waals surface area (Å²) in [7, 11) is 3.12. The summed E-state index contributed by atoms with van der Waals surface area (Å²) in [5, 5.41) is 23.0. The lowest BCUT2D eigenvalue weighted by molar-refractivity contribution is -0.385. The quantitative estimate of drug-likeness (QED) is 0.0887. The molecule has 2 unspecified atom stereocenters. The van der Waals surface area contributed by atoms with Crippen LogP contribution in [0, 0.1) is 39.6 Å². The smallest absolute Gasteiger partial charge is 0.410 e. The zero-order chi connectivity index (χ0) is 45.5. The number of fused-ring (bicyclic) bond motifs is 4. The molecule has 1 spiro atoms. The zero-order valence-corrected chi connectivity index (χ0v) is 37.2. The highest BCUT2D eigenvalue weighted by atomic mass is 19.1. The molecule has 4 aliphatic rings. The second-order valence-electron chi connectivity index (χ2n) is 18.2. The third-order valence-electron chi connectivity index (χ3n) is 14.4. The summed E-state index contributed by atoms with van der Waals surface area (Å²) in [5.41, 5.74) is -3.63. The molecule has 1 N–H and O–H groups in total. The second-order valence-corrected chi connectivity index (χ2v) is 18.2. The van der Waals surface area contributed by atoms with Crippen LogP contribution in [-0.2, 0) is 51.0 Å². The maximum absolute atomic E-state index is 15.1. The molecule has 4 fully saturated rings. The van der Waals surface area contributed by atoms with Crippen molar-refractivity contribution in [2.24, 2.45) is 23.7 Å². The number of carbonyl (C=O) groups excluding carboxylic acids is 4. The highest BCUT2D eigenvalue weighted by Crippen LogP contribution is 2.54. The van der Waals surface area contributed by atoms with E-state index in [0.29, 0.717) is 13.0 Å². The van der Waals surface area contributed by atoms with E-state index in [2.05, 4.69) is 0 Å². The number of nitrogens with zero attached hydrogens (tertiary/aromatic N) is 3. The molecule has 2 aromatic rings. The number of likely N-dealkylation sites (N-methyl/N-ethyl adjacent to an activating group) is 1. The summed E-state index contributed by atoms with van der Waals surface area (Å²) in [6, 6.07) is 11.9. The Hall–Kier alpha value is -4.35. The molecule has 4 heterocycles. The van der Waals surface area contributed by atoms with Crippen molar-refractivity contribution in [3.8, 4) is 0 Å². The molecule has 0 aromatic heterocycles. The number of ketones is 2. The highest BCUT2D eigenvalue weighted by Gasteiger charge is 2.70. The number of nitro benzene ring substituents is 1. The van der Waals surface area contributed by atoms with Crippen LogP contribution in [0.15, 0.2) is 48.5 Å². The number of nitro groups is 1. The standard InChI is InChI=1S/C46H62FN3O12/c1-10-35-45(7)40(49(43(55)62-45)21-15-14-18-30-16-12-11-13-17-30)27(3)37(51)26(2)24-44(6,58-9)46(29(5)38(52)28(4)41(54)59-35)36-23-34(39(53)42(60-36)61-46)48(8)25-31-19-20-32(50(56)57)22-33(31)47/h11-13,16-17,19-20,22,26-29,34-36,39-40,42,53H,10,14-15,18,21,23-25H2,1-9H3/t26-,27+,28-,29+,34+,35?,36?,39-,40-,42+,44-,45-,46+/m1/s1. The number of amides is 1. The Labute approximate surface area is 362 Å². The number of hydrogen-bond donors (Lipinski definition) is 1. The van der Waals surface area contributed by atoms with Crippen LogP contribution in [0.5, 0.6) is 0 Å². The van der Waals surface area contributed by atoms with Crippen molar-refractivity contribution in [1.29, 1.82) is 0 Å². The summed E-state index contributed by atoms with van der Waals surface area (Å²) in [4.78, 5) is 71.6. The van der Waals surface area contributed by atoms with Crippen LogP contribution in [0.2, 0.25) is 0 Å². The second kappa shape index (κ2) is 18.4. The number of carbonyl (C=O) groups is 4. The predicted molar refractivity (Wildman–Crippen MR) is 223 cm³/mol. The summed E-state index contributed by atoms with van der Waals surface area (Å²) in [6.07, 6.45) is -2.65. The fraction of sp³-hybridized carbons (Fsp3) is 0.652. The molecule has 4 saturated heterocycles. The number of Topliss-reactive ketones (excluding diaryl/α,β-unsaturated/α-hetero) is 2. The van der Waals surface area contributed by atoms with Gasteiger partial charge >= 0.3 is 12.1 Å². The molecule has 0 aliphatic carbocycles. The minimum Gasteiger partial charge on any atom is -0.458 e. The van der Waals surface area contributed by atoms with Crippen molar-refractivity contribution in [2.75, 3.05) is 20.7 Å². The molecular weight excluding hydrogens is 806 g/mol. The number of ether oxygens (including phenoxy) is 5. The van der Waals surface area contributed by atoms with Gasteiger partial charge in [-0.05, 0) is 78.0 Å². The van der Waals surface area contributed by atoms with Crippen LogP contribution in [0.1, 0.15) is 91.7 Å².